The van der Waals surface area contributed by atoms with Crippen molar-refractivity contribution in [2.24, 2.45) is 5.92 Å². The Bertz CT molecular complexity index is 925. The van der Waals surface area contributed by atoms with E-state index >= 15 is 0 Å². The number of halogens is 1. The number of phenols is 1. The zero-order valence-corrected chi connectivity index (χ0v) is 17.6. The normalized spacial score (nSPS) is 19.0. The van der Waals surface area contributed by atoms with Gasteiger partial charge in [-0.1, -0.05) is 60.7 Å². The molecule has 30 heavy (non-hydrogen) atoms. The molecule has 156 valence electrons. The molecule has 0 spiro atoms. The van der Waals surface area contributed by atoms with Gasteiger partial charge in [-0.25, -0.2) is 4.39 Å². The summed E-state index contributed by atoms with van der Waals surface area (Å²) in [5.74, 6) is 0.741. The first-order valence-electron chi connectivity index (χ1n) is 11.3. The van der Waals surface area contributed by atoms with Crippen molar-refractivity contribution in [2.45, 2.75) is 57.3 Å². The van der Waals surface area contributed by atoms with Crippen molar-refractivity contribution in [3.63, 3.8) is 0 Å². The minimum Gasteiger partial charge on any atom is -0.505 e. The van der Waals surface area contributed by atoms with Gasteiger partial charge in [-0.15, -0.1) is 0 Å². The molecule has 0 heterocycles. The molecule has 3 aromatic carbocycles. The van der Waals surface area contributed by atoms with E-state index in [0.717, 1.165) is 24.3 Å². The number of benzene rings is 3. The van der Waals surface area contributed by atoms with Gasteiger partial charge in [-0.2, -0.15) is 0 Å². The fourth-order valence-electron chi connectivity index (χ4n) is 4.75. The van der Waals surface area contributed by atoms with Crippen LogP contribution < -0.4 is 0 Å². The third-order valence-electron chi connectivity index (χ3n) is 6.70. The summed E-state index contributed by atoms with van der Waals surface area (Å²) in [6.45, 7) is 0. The van der Waals surface area contributed by atoms with Crippen molar-refractivity contribution in [3.05, 3.63) is 101 Å². The molecule has 0 saturated heterocycles. The molecule has 0 unspecified atom stereocenters. The minimum absolute atomic E-state index is 0.280. The largest absolute Gasteiger partial charge is 0.505 e. The molecule has 0 aromatic heterocycles. The monoisotopic (exact) mass is 402 g/mol. The van der Waals surface area contributed by atoms with E-state index in [9.17, 15) is 9.50 Å². The van der Waals surface area contributed by atoms with Crippen LogP contribution in [0.1, 0.15) is 60.3 Å². The second kappa shape index (κ2) is 9.93. The van der Waals surface area contributed by atoms with Crippen molar-refractivity contribution >= 4 is 0 Å². The maximum atomic E-state index is 13.5. The van der Waals surface area contributed by atoms with E-state index < -0.39 is 5.82 Å². The van der Waals surface area contributed by atoms with Crippen LogP contribution in [0.15, 0.2) is 72.8 Å². The maximum absolute atomic E-state index is 13.5. The summed E-state index contributed by atoms with van der Waals surface area (Å²) in [6, 6.07) is 24.6. The van der Waals surface area contributed by atoms with Crippen LogP contribution in [0.25, 0.3) is 0 Å². The summed E-state index contributed by atoms with van der Waals surface area (Å²) in [6.07, 6.45) is 9.46. The lowest BCUT2D eigenvalue weighted by Crippen LogP contribution is -2.14. The highest BCUT2D eigenvalue weighted by atomic mass is 19.1. The van der Waals surface area contributed by atoms with Gasteiger partial charge in [0.1, 0.15) is 0 Å². The molecule has 0 aliphatic heterocycles. The van der Waals surface area contributed by atoms with Crippen LogP contribution in [0.4, 0.5) is 4.39 Å². The van der Waals surface area contributed by atoms with Crippen molar-refractivity contribution in [1.29, 1.82) is 0 Å². The second-order valence-corrected chi connectivity index (χ2v) is 8.77. The maximum Gasteiger partial charge on any atom is 0.165 e. The summed E-state index contributed by atoms with van der Waals surface area (Å²) in [4.78, 5) is 0. The van der Waals surface area contributed by atoms with Gasteiger partial charge in [0.05, 0.1) is 0 Å². The Morgan fingerprint density at radius 3 is 2.03 bits per heavy atom. The first-order valence-corrected chi connectivity index (χ1v) is 11.3. The predicted octanol–water partition coefficient (Wildman–Crippen LogP) is 7.22. The van der Waals surface area contributed by atoms with Crippen LogP contribution in [0.5, 0.6) is 5.75 Å². The van der Waals surface area contributed by atoms with Crippen molar-refractivity contribution in [1.82, 2.24) is 0 Å². The molecular formula is C28H31FO. The average molecular weight is 403 g/mol. The summed E-state index contributed by atoms with van der Waals surface area (Å²) >= 11 is 0. The van der Waals surface area contributed by atoms with E-state index in [2.05, 4.69) is 54.6 Å². The quantitative estimate of drug-likeness (QED) is 0.442. The van der Waals surface area contributed by atoms with E-state index in [1.165, 1.54) is 67.3 Å². The van der Waals surface area contributed by atoms with Crippen LogP contribution >= 0.6 is 0 Å². The molecule has 1 N–H and O–H groups in total. The molecule has 3 aromatic rings. The smallest absolute Gasteiger partial charge is 0.165 e. The first kappa shape index (κ1) is 20.7. The molecule has 2 heteroatoms. The van der Waals surface area contributed by atoms with Crippen molar-refractivity contribution in [2.75, 3.05) is 0 Å². The Morgan fingerprint density at radius 1 is 0.700 bits per heavy atom. The highest BCUT2D eigenvalue weighted by molar-refractivity contribution is 5.30. The van der Waals surface area contributed by atoms with E-state index in [4.69, 9.17) is 0 Å². The van der Waals surface area contributed by atoms with E-state index in [0.29, 0.717) is 5.92 Å². The molecular weight excluding hydrogens is 371 g/mol. The van der Waals surface area contributed by atoms with Gasteiger partial charge < -0.3 is 5.11 Å². The van der Waals surface area contributed by atoms with Crippen molar-refractivity contribution in [3.8, 4) is 5.75 Å². The van der Waals surface area contributed by atoms with Crippen LogP contribution in [-0.4, -0.2) is 5.11 Å². The molecule has 1 saturated carbocycles. The molecule has 0 amide bonds. The molecule has 0 radical (unpaired) electrons. The van der Waals surface area contributed by atoms with Crippen LogP contribution in [0.3, 0.4) is 0 Å². The molecule has 0 bridgehead atoms. The topological polar surface area (TPSA) is 20.2 Å². The molecule has 4 rings (SSSR count). The number of rotatable bonds is 7. The highest BCUT2D eigenvalue weighted by Gasteiger charge is 2.22. The van der Waals surface area contributed by atoms with Gasteiger partial charge in [0.15, 0.2) is 11.6 Å². The SMILES string of the molecule is Oc1ccc(CCc2ccc(C3CCC(CCc4ccccc4)CC3)cc2)cc1F. The standard InChI is InChI=1S/C28H31FO/c29-27-20-24(14-19-28(27)30)9-8-23-12-17-26(18-13-23)25-15-10-22(11-16-25)7-6-21-4-2-1-3-5-21/h1-5,12-14,17-20,22,25,30H,6-11,15-16H2. The van der Waals surface area contributed by atoms with E-state index in [1.54, 1.807) is 6.07 Å². The fraction of sp³-hybridized carbons (Fsp3) is 0.357. The lowest BCUT2D eigenvalue weighted by atomic mass is 9.77. The number of hydrogen-bond acceptors (Lipinski definition) is 1. The van der Waals surface area contributed by atoms with Crippen LogP contribution in [0, 0.1) is 11.7 Å². The number of phenolic OH excluding ortho intramolecular Hbond substituents is 1. The Hall–Kier alpha value is -2.61. The summed E-state index contributed by atoms with van der Waals surface area (Å²) < 4.78 is 13.5. The lowest BCUT2D eigenvalue weighted by molar-refractivity contribution is 0.310. The highest BCUT2D eigenvalue weighted by Crippen LogP contribution is 2.37. The number of aromatic hydroxyl groups is 1. The second-order valence-electron chi connectivity index (χ2n) is 8.77. The summed E-state index contributed by atoms with van der Waals surface area (Å²) in [5.41, 5.74) is 5.13. The van der Waals surface area contributed by atoms with Gasteiger partial charge in [0, 0.05) is 0 Å². The van der Waals surface area contributed by atoms with Gasteiger partial charge in [0.2, 0.25) is 0 Å². The average Bonchev–Trinajstić information content (AvgIpc) is 2.80. The predicted molar refractivity (Wildman–Crippen MR) is 121 cm³/mol. The molecule has 1 aliphatic rings. The Kier molecular flexibility index (Phi) is 6.84. The van der Waals surface area contributed by atoms with Crippen LogP contribution in [0.2, 0.25) is 0 Å². The Labute approximate surface area is 179 Å². The molecule has 1 fully saturated rings. The molecule has 1 nitrogen and oxygen atoms in total. The third kappa shape index (κ3) is 5.50. The van der Waals surface area contributed by atoms with Gasteiger partial charge in [0.25, 0.3) is 0 Å². The van der Waals surface area contributed by atoms with E-state index in [1.807, 2.05) is 0 Å². The van der Waals surface area contributed by atoms with Crippen molar-refractivity contribution < 1.29 is 9.50 Å². The number of aryl methyl sites for hydroxylation is 3. The molecule has 1 aliphatic carbocycles. The van der Waals surface area contributed by atoms with E-state index in [-0.39, 0.29) is 5.75 Å². The minimum atomic E-state index is -0.540. The third-order valence-corrected chi connectivity index (χ3v) is 6.70. The van der Waals surface area contributed by atoms with Gasteiger partial charge in [-0.3, -0.25) is 0 Å². The Balaban J connectivity index is 1.24. The first-order chi connectivity index (χ1) is 14.7. The zero-order valence-electron chi connectivity index (χ0n) is 17.6. The lowest BCUT2D eigenvalue weighted by Gasteiger charge is -2.29. The van der Waals surface area contributed by atoms with Gasteiger partial charge >= 0.3 is 0 Å². The van der Waals surface area contributed by atoms with Gasteiger partial charge in [-0.05, 0) is 97.6 Å². The number of hydrogen-bond donors (Lipinski definition) is 1. The summed E-state index contributed by atoms with van der Waals surface area (Å²) in [7, 11) is 0. The fourth-order valence-corrected chi connectivity index (χ4v) is 4.75. The Morgan fingerprint density at radius 2 is 1.33 bits per heavy atom. The molecule has 0 atom stereocenters. The zero-order chi connectivity index (χ0) is 20.8. The van der Waals surface area contributed by atoms with Crippen LogP contribution in [-0.2, 0) is 19.3 Å². The summed E-state index contributed by atoms with van der Waals surface area (Å²) in [5, 5.41) is 9.31.